The molecule has 1 saturated carbocycles. The van der Waals surface area contributed by atoms with Crippen molar-refractivity contribution in [3.63, 3.8) is 0 Å². The molecule has 1 aromatic heterocycles. The molecular formula is C21H24N2O2. The van der Waals surface area contributed by atoms with Crippen molar-refractivity contribution in [1.82, 2.24) is 10.3 Å². The van der Waals surface area contributed by atoms with Crippen molar-refractivity contribution in [3.05, 3.63) is 65.5 Å². The van der Waals surface area contributed by atoms with Crippen LogP contribution in [0, 0.1) is 0 Å². The summed E-state index contributed by atoms with van der Waals surface area (Å²) < 4.78 is 0. The second-order valence-electron chi connectivity index (χ2n) is 6.61. The van der Waals surface area contributed by atoms with E-state index in [1.807, 2.05) is 30.3 Å². The molecule has 4 heteroatoms. The second-order valence-corrected chi connectivity index (χ2v) is 6.61. The Labute approximate surface area is 148 Å². The molecular weight excluding hydrogens is 312 g/mol. The van der Waals surface area contributed by atoms with Crippen LogP contribution in [-0.4, -0.2) is 23.2 Å². The Bertz CT molecular complexity index is 704. The van der Waals surface area contributed by atoms with Crippen LogP contribution in [0.4, 0.5) is 0 Å². The zero-order valence-corrected chi connectivity index (χ0v) is 14.4. The molecule has 0 saturated heterocycles. The Morgan fingerprint density at radius 2 is 1.76 bits per heavy atom. The SMILES string of the molecule is O=C(NCCc1ccccn1)C(=O)c1ccc(C2CCCCC2)cc1. The van der Waals surface area contributed by atoms with Gasteiger partial charge in [-0.2, -0.15) is 0 Å². The quantitative estimate of drug-likeness (QED) is 0.647. The number of nitrogens with one attached hydrogen (secondary N) is 1. The summed E-state index contributed by atoms with van der Waals surface area (Å²) in [6.45, 7) is 0.405. The van der Waals surface area contributed by atoms with Gasteiger partial charge < -0.3 is 5.32 Å². The van der Waals surface area contributed by atoms with E-state index in [4.69, 9.17) is 0 Å². The van der Waals surface area contributed by atoms with Crippen LogP contribution in [0.25, 0.3) is 0 Å². The summed E-state index contributed by atoms with van der Waals surface area (Å²) in [6, 6.07) is 13.2. The van der Waals surface area contributed by atoms with Gasteiger partial charge in [-0.25, -0.2) is 0 Å². The number of Topliss-reactive ketones (excluding diaryl/α,β-unsaturated/α-hetero) is 1. The predicted molar refractivity (Wildman–Crippen MR) is 97.5 cm³/mol. The summed E-state index contributed by atoms with van der Waals surface area (Å²) in [6.07, 6.45) is 8.67. The van der Waals surface area contributed by atoms with Crippen molar-refractivity contribution in [1.29, 1.82) is 0 Å². The number of pyridine rings is 1. The Morgan fingerprint density at radius 3 is 2.44 bits per heavy atom. The van der Waals surface area contributed by atoms with Gasteiger partial charge in [0.2, 0.25) is 5.78 Å². The third-order valence-corrected chi connectivity index (χ3v) is 4.85. The van der Waals surface area contributed by atoms with Gasteiger partial charge in [0.1, 0.15) is 0 Å². The van der Waals surface area contributed by atoms with Crippen molar-refractivity contribution in [2.24, 2.45) is 0 Å². The highest BCUT2D eigenvalue weighted by Crippen LogP contribution is 2.32. The number of aromatic nitrogens is 1. The van der Waals surface area contributed by atoms with Gasteiger partial charge in [-0.3, -0.25) is 14.6 Å². The summed E-state index contributed by atoms with van der Waals surface area (Å²) in [4.78, 5) is 28.5. The van der Waals surface area contributed by atoms with E-state index in [1.54, 1.807) is 18.3 Å². The zero-order valence-electron chi connectivity index (χ0n) is 14.4. The van der Waals surface area contributed by atoms with Crippen LogP contribution in [0.1, 0.15) is 59.6 Å². The summed E-state index contributed by atoms with van der Waals surface area (Å²) in [5, 5.41) is 2.68. The van der Waals surface area contributed by atoms with Crippen molar-refractivity contribution in [2.45, 2.75) is 44.4 Å². The van der Waals surface area contributed by atoms with E-state index in [-0.39, 0.29) is 0 Å². The molecule has 1 N–H and O–H groups in total. The molecule has 0 atom stereocenters. The summed E-state index contributed by atoms with van der Waals surface area (Å²) in [7, 11) is 0. The van der Waals surface area contributed by atoms with E-state index >= 15 is 0 Å². The maximum atomic E-state index is 12.2. The van der Waals surface area contributed by atoms with Crippen molar-refractivity contribution in [2.75, 3.05) is 6.54 Å². The number of rotatable bonds is 6. The third-order valence-electron chi connectivity index (χ3n) is 4.85. The maximum Gasteiger partial charge on any atom is 0.292 e. The van der Waals surface area contributed by atoms with Gasteiger partial charge in [0.05, 0.1) is 0 Å². The van der Waals surface area contributed by atoms with Gasteiger partial charge in [0.25, 0.3) is 5.91 Å². The molecule has 1 aliphatic rings. The summed E-state index contributed by atoms with van der Waals surface area (Å²) in [5.74, 6) is -0.428. The Hall–Kier alpha value is -2.49. The number of ketones is 1. The van der Waals surface area contributed by atoms with Crippen LogP contribution in [0.15, 0.2) is 48.7 Å². The third kappa shape index (κ3) is 4.75. The Kier molecular flexibility index (Phi) is 5.94. The largest absolute Gasteiger partial charge is 0.349 e. The minimum atomic E-state index is -0.554. The van der Waals surface area contributed by atoms with Crippen LogP contribution in [0.3, 0.4) is 0 Å². The summed E-state index contributed by atoms with van der Waals surface area (Å²) >= 11 is 0. The predicted octanol–water partition coefficient (Wildman–Crippen LogP) is 3.67. The number of hydrogen-bond acceptors (Lipinski definition) is 3. The fourth-order valence-corrected chi connectivity index (χ4v) is 3.40. The van der Waals surface area contributed by atoms with E-state index in [1.165, 1.54) is 37.7 Å². The fourth-order valence-electron chi connectivity index (χ4n) is 3.40. The molecule has 1 fully saturated rings. The van der Waals surface area contributed by atoms with Gasteiger partial charge in [0.15, 0.2) is 0 Å². The smallest absolute Gasteiger partial charge is 0.292 e. The molecule has 3 rings (SSSR count). The summed E-state index contributed by atoms with van der Waals surface area (Å²) in [5.41, 5.74) is 2.63. The van der Waals surface area contributed by atoms with Crippen molar-refractivity contribution < 1.29 is 9.59 Å². The number of benzene rings is 1. The lowest BCUT2D eigenvalue weighted by Gasteiger charge is -2.21. The van der Waals surface area contributed by atoms with Gasteiger partial charge >= 0.3 is 0 Å². The standard InChI is InChI=1S/C21H24N2O2/c24-20(21(25)23-15-13-19-8-4-5-14-22-19)18-11-9-17(10-12-18)16-6-2-1-3-7-16/h4-5,8-12,14,16H,1-3,6-7,13,15H2,(H,23,25). The first-order valence-electron chi connectivity index (χ1n) is 9.06. The molecule has 0 unspecified atom stereocenters. The van der Waals surface area contributed by atoms with Crippen LogP contribution in [0.5, 0.6) is 0 Å². The first-order valence-corrected chi connectivity index (χ1v) is 9.06. The van der Waals surface area contributed by atoms with E-state index in [2.05, 4.69) is 10.3 Å². The number of hydrogen-bond donors (Lipinski definition) is 1. The van der Waals surface area contributed by atoms with Crippen molar-refractivity contribution >= 4 is 11.7 Å². The molecule has 130 valence electrons. The molecule has 1 aromatic carbocycles. The number of nitrogens with zero attached hydrogens (tertiary/aromatic N) is 1. The maximum absolute atomic E-state index is 12.2. The van der Waals surface area contributed by atoms with E-state index in [0.717, 1.165) is 5.69 Å². The topological polar surface area (TPSA) is 59.1 Å². The zero-order chi connectivity index (χ0) is 17.5. The molecule has 0 bridgehead atoms. The van der Waals surface area contributed by atoms with Crippen LogP contribution in [0.2, 0.25) is 0 Å². The number of carbonyl (C=O) groups is 2. The first-order chi connectivity index (χ1) is 12.2. The highest BCUT2D eigenvalue weighted by Gasteiger charge is 2.18. The number of carbonyl (C=O) groups excluding carboxylic acids is 2. The second kappa shape index (κ2) is 8.56. The number of amides is 1. The van der Waals surface area contributed by atoms with Crippen LogP contribution >= 0.6 is 0 Å². The van der Waals surface area contributed by atoms with E-state index in [0.29, 0.717) is 24.4 Å². The Morgan fingerprint density at radius 1 is 1.00 bits per heavy atom. The van der Waals surface area contributed by atoms with Crippen LogP contribution < -0.4 is 5.32 Å². The van der Waals surface area contributed by atoms with Gasteiger partial charge in [0, 0.05) is 30.4 Å². The first kappa shape index (κ1) is 17.3. The van der Waals surface area contributed by atoms with Gasteiger partial charge in [-0.05, 0) is 36.5 Å². The lowest BCUT2D eigenvalue weighted by molar-refractivity contribution is -0.116. The normalized spacial score (nSPS) is 14.9. The minimum absolute atomic E-state index is 0.405. The fraction of sp³-hybridized carbons (Fsp3) is 0.381. The highest BCUT2D eigenvalue weighted by atomic mass is 16.2. The lowest BCUT2D eigenvalue weighted by atomic mass is 9.84. The molecule has 1 heterocycles. The molecule has 2 aromatic rings. The average molecular weight is 336 g/mol. The molecule has 1 amide bonds. The van der Waals surface area contributed by atoms with Gasteiger partial charge in [-0.15, -0.1) is 0 Å². The molecule has 0 aliphatic heterocycles. The highest BCUT2D eigenvalue weighted by molar-refractivity contribution is 6.42. The minimum Gasteiger partial charge on any atom is -0.349 e. The molecule has 4 nitrogen and oxygen atoms in total. The molecule has 0 radical (unpaired) electrons. The van der Waals surface area contributed by atoms with Crippen LogP contribution in [-0.2, 0) is 11.2 Å². The molecule has 1 aliphatic carbocycles. The van der Waals surface area contributed by atoms with E-state index < -0.39 is 11.7 Å². The van der Waals surface area contributed by atoms with Crippen molar-refractivity contribution in [3.8, 4) is 0 Å². The lowest BCUT2D eigenvalue weighted by Crippen LogP contribution is -2.32. The van der Waals surface area contributed by atoms with E-state index in [9.17, 15) is 9.59 Å². The molecule has 25 heavy (non-hydrogen) atoms. The van der Waals surface area contributed by atoms with Gasteiger partial charge in [-0.1, -0.05) is 49.6 Å². The monoisotopic (exact) mass is 336 g/mol. The average Bonchev–Trinajstić information content (AvgIpc) is 2.69. The Balaban J connectivity index is 1.52. The molecule has 0 spiro atoms.